The minimum Gasteiger partial charge on any atom is -0.339 e. The highest BCUT2D eigenvalue weighted by molar-refractivity contribution is 5.90. The maximum absolute atomic E-state index is 12.0. The van der Waals surface area contributed by atoms with E-state index in [2.05, 4.69) is 15.5 Å². The summed E-state index contributed by atoms with van der Waals surface area (Å²) in [5.74, 6) is 1.13. The monoisotopic (exact) mass is 335 g/mol. The molecule has 1 aromatic heterocycles. The predicted molar refractivity (Wildman–Crippen MR) is 97.2 cm³/mol. The molecule has 0 aliphatic heterocycles. The molecule has 0 atom stereocenters. The number of amides is 1. The van der Waals surface area contributed by atoms with Gasteiger partial charge in [-0.15, -0.1) is 0 Å². The Bertz CT molecular complexity index is 871. The molecule has 0 saturated carbocycles. The van der Waals surface area contributed by atoms with Crippen LogP contribution in [0, 0.1) is 13.8 Å². The molecule has 1 N–H and O–H groups in total. The van der Waals surface area contributed by atoms with E-state index in [1.165, 1.54) is 0 Å². The number of carbonyl (C=O) groups excluding carboxylic acids is 1. The number of nitrogens with one attached hydrogen (secondary N) is 1. The van der Waals surface area contributed by atoms with Gasteiger partial charge in [0.25, 0.3) is 0 Å². The molecule has 1 heterocycles. The Morgan fingerprint density at radius 1 is 1.08 bits per heavy atom. The molecule has 0 saturated heterocycles. The third-order valence-corrected chi connectivity index (χ3v) is 3.84. The van der Waals surface area contributed by atoms with Crippen molar-refractivity contribution in [2.24, 2.45) is 0 Å². The van der Waals surface area contributed by atoms with Gasteiger partial charge < -0.3 is 9.84 Å². The van der Waals surface area contributed by atoms with Crippen LogP contribution in [0.1, 0.15) is 29.9 Å². The van der Waals surface area contributed by atoms with E-state index in [0.29, 0.717) is 31.0 Å². The Balaban J connectivity index is 1.50. The highest BCUT2D eigenvalue weighted by Crippen LogP contribution is 2.17. The normalized spacial score (nSPS) is 10.6. The first-order valence-corrected chi connectivity index (χ1v) is 8.36. The Morgan fingerprint density at radius 2 is 1.84 bits per heavy atom. The van der Waals surface area contributed by atoms with E-state index >= 15 is 0 Å². The van der Waals surface area contributed by atoms with Crippen molar-refractivity contribution < 1.29 is 9.32 Å². The first kappa shape index (κ1) is 16.9. The number of carbonyl (C=O) groups is 1. The van der Waals surface area contributed by atoms with E-state index in [1.807, 2.05) is 62.4 Å². The number of hydrogen-bond acceptors (Lipinski definition) is 4. The third-order valence-electron chi connectivity index (χ3n) is 3.84. The summed E-state index contributed by atoms with van der Waals surface area (Å²) < 4.78 is 5.28. The zero-order valence-electron chi connectivity index (χ0n) is 14.5. The van der Waals surface area contributed by atoms with Gasteiger partial charge in [0.2, 0.25) is 17.6 Å². The fraction of sp³-hybridized carbons (Fsp3) is 0.250. The third kappa shape index (κ3) is 4.76. The van der Waals surface area contributed by atoms with Crippen molar-refractivity contribution in [3.8, 4) is 11.4 Å². The molecule has 0 fully saturated rings. The van der Waals surface area contributed by atoms with Gasteiger partial charge in [-0.2, -0.15) is 4.98 Å². The standard InChI is InChI=1S/C20H21N3O2/c1-14-6-3-8-16(12-14)20-22-19(25-23-20)11-5-10-18(24)21-17-9-4-7-15(2)13-17/h3-4,6-9,12-13H,5,10-11H2,1-2H3,(H,21,24). The van der Waals surface area contributed by atoms with Crippen molar-refractivity contribution in [2.45, 2.75) is 33.1 Å². The Kier molecular flexibility index (Phi) is 5.23. The highest BCUT2D eigenvalue weighted by atomic mass is 16.5. The van der Waals surface area contributed by atoms with Gasteiger partial charge in [0.1, 0.15) is 0 Å². The van der Waals surface area contributed by atoms with Gasteiger partial charge in [0.05, 0.1) is 0 Å². The van der Waals surface area contributed by atoms with Gasteiger partial charge in [0, 0.05) is 24.1 Å². The summed E-state index contributed by atoms with van der Waals surface area (Å²) in [5.41, 5.74) is 4.03. The van der Waals surface area contributed by atoms with Gasteiger partial charge in [0.15, 0.2) is 0 Å². The molecule has 3 rings (SSSR count). The molecule has 1 amide bonds. The van der Waals surface area contributed by atoms with Crippen molar-refractivity contribution >= 4 is 11.6 Å². The Morgan fingerprint density at radius 3 is 2.60 bits per heavy atom. The lowest BCUT2D eigenvalue weighted by atomic mass is 10.1. The van der Waals surface area contributed by atoms with Crippen LogP contribution < -0.4 is 5.32 Å². The second-order valence-corrected chi connectivity index (χ2v) is 6.15. The van der Waals surface area contributed by atoms with Crippen LogP contribution in [0.15, 0.2) is 53.1 Å². The molecule has 5 nitrogen and oxygen atoms in total. The molecule has 0 radical (unpaired) electrons. The molecule has 0 spiro atoms. The number of anilines is 1. The number of aryl methyl sites for hydroxylation is 3. The number of rotatable bonds is 6. The lowest BCUT2D eigenvalue weighted by Gasteiger charge is -2.05. The largest absolute Gasteiger partial charge is 0.339 e. The summed E-state index contributed by atoms with van der Waals surface area (Å²) >= 11 is 0. The van der Waals surface area contributed by atoms with Crippen LogP contribution in [0.2, 0.25) is 0 Å². The van der Waals surface area contributed by atoms with Crippen molar-refractivity contribution in [3.05, 3.63) is 65.5 Å². The molecule has 128 valence electrons. The molecule has 5 heteroatoms. The van der Waals surface area contributed by atoms with E-state index in [9.17, 15) is 4.79 Å². The molecule has 3 aromatic rings. The highest BCUT2D eigenvalue weighted by Gasteiger charge is 2.10. The molecule has 0 bridgehead atoms. The van der Waals surface area contributed by atoms with Crippen molar-refractivity contribution in [2.75, 3.05) is 5.32 Å². The topological polar surface area (TPSA) is 68.0 Å². The quantitative estimate of drug-likeness (QED) is 0.728. The van der Waals surface area contributed by atoms with Gasteiger partial charge in [-0.05, 0) is 44.0 Å². The molecule has 0 unspecified atom stereocenters. The minimum absolute atomic E-state index is 0.0102. The van der Waals surface area contributed by atoms with Crippen LogP contribution in [0.3, 0.4) is 0 Å². The average Bonchev–Trinajstić information content (AvgIpc) is 3.04. The van der Waals surface area contributed by atoms with Crippen molar-refractivity contribution in [3.63, 3.8) is 0 Å². The summed E-state index contributed by atoms with van der Waals surface area (Å²) in [4.78, 5) is 16.4. The zero-order valence-corrected chi connectivity index (χ0v) is 14.5. The first-order chi connectivity index (χ1) is 12.1. The minimum atomic E-state index is -0.0102. The van der Waals surface area contributed by atoms with Gasteiger partial charge in [-0.1, -0.05) is 41.1 Å². The van der Waals surface area contributed by atoms with E-state index in [4.69, 9.17) is 4.52 Å². The smallest absolute Gasteiger partial charge is 0.226 e. The average molecular weight is 335 g/mol. The summed E-state index contributed by atoms with van der Waals surface area (Å²) in [7, 11) is 0. The second kappa shape index (κ2) is 7.75. The summed E-state index contributed by atoms with van der Waals surface area (Å²) in [6.45, 7) is 4.02. The number of nitrogens with zero attached hydrogens (tertiary/aromatic N) is 2. The van der Waals surface area contributed by atoms with E-state index in [0.717, 1.165) is 22.4 Å². The van der Waals surface area contributed by atoms with Crippen molar-refractivity contribution in [1.29, 1.82) is 0 Å². The van der Waals surface area contributed by atoms with Gasteiger partial charge in [-0.3, -0.25) is 4.79 Å². The van der Waals surface area contributed by atoms with Crippen LogP contribution in [-0.4, -0.2) is 16.0 Å². The van der Waals surface area contributed by atoms with E-state index < -0.39 is 0 Å². The summed E-state index contributed by atoms with van der Waals surface area (Å²) in [6, 6.07) is 15.7. The van der Waals surface area contributed by atoms with E-state index in [1.54, 1.807) is 0 Å². The van der Waals surface area contributed by atoms with Gasteiger partial charge in [-0.25, -0.2) is 0 Å². The Hall–Kier alpha value is -2.95. The van der Waals surface area contributed by atoms with Crippen molar-refractivity contribution in [1.82, 2.24) is 10.1 Å². The number of benzene rings is 2. The van der Waals surface area contributed by atoms with Gasteiger partial charge >= 0.3 is 0 Å². The molecule has 0 aliphatic rings. The van der Waals surface area contributed by atoms with E-state index in [-0.39, 0.29) is 5.91 Å². The maximum Gasteiger partial charge on any atom is 0.226 e. The van der Waals surface area contributed by atoms with Crippen LogP contribution in [0.25, 0.3) is 11.4 Å². The summed E-state index contributed by atoms with van der Waals surface area (Å²) in [5, 5.41) is 6.92. The van der Waals surface area contributed by atoms with Crippen LogP contribution in [-0.2, 0) is 11.2 Å². The molecule has 0 aliphatic carbocycles. The SMILES string of the molecule is Cc1cccc(NC(=O)CCCc2nc(-c3cccc(C)c3)no2)c1. The molecule has 25 heavy (non-hydrogen) atoms. The second-order valence-electron chi connectivity index (χ2n) is 6.15. The fourth-order valence-corrected chi connectivity index (χ4v) is 2.60. The molecule has 2 aromatic carbocycles. The molecular weight excluding hydrogens is 314 g/mol. The number of aromatic nitrogens is 2. The van der Waals surface area contributed by atoms with Crippen LogP contribution in [0.5, 0.6) is 0 Å². The predicted octanol–water partition coefficient (Wildman–Crippen LogP) is 4.31. The first-order valence-electron chi connectivity index (χ1n) is 8.36. The lowest BCUT2D eigenvalue weighted by Crippen LogP contribution is -2.11. The van der Waals surface area contributed by atoms with Crippen LogP contribution >= 0.6 is 0 Å². The fourth-order valence-electron chi connectivity index (χ4n) is 2.60. The summed E-state index contributed by atoms with van der Waals surface area (Å²) in [6.07, 6.45) is 1.66. The lowest BCUT2D eigenvalue weighted by molar-refractivity contribution is -0.116. The number of hydrogen-bond donors (Lipinski definition) is 1. The van der Waals surface area contributed by atoms with Crippen LogP contribution in [0.4, 0.5) is 5.69 Å². The Labute approximate surface area is 147 Å². The maximum atomic E-state index is 12.0. The molecular formula is C20H21N3O2. The zero-order chi connectivity index (χ0) is 17.6.